The lowest BCUT2D eigenvalue weighted by molar-refractivity contribution is 0.112. The first-order valence-corrected chi connectivity index (χ1v) is 7.98. The summed E-state index contributed by atoms with van der Waals surface area (Å²) in [6.45, 7) is 0.599. The zero-order chi connectivity index (χ0) is 19.6. The van der Waals surface area contributed by atoms with Crippen LogP contribution in [0.5, 0.6) is 0 Å². The van der Waals surface area contributed by atoms with Gasteiger partial charge in [0.05, 0.1) is 17.8 Å². The highest BCUT2D eigenvalue weighted by Crippen LogP contribution is 2.38. The molecule has 1 fully saturated rings. The van der Waals surface area contributed by atoms with Crippen molar-refractivity contribution >= 4 is 18.1 Å². The van der Waals surface area contributed by atoms with E-state index >= 15 is 0 Å². The quantitative estimate of drug-likeness (QED) is 0.826. The zero-order valence-electron chi connectivity index (χ0n) is 14.0. The SMILES string of the molecule is N#Cc1ncc(C=O)c(N2CCC(OC(N)=O)C2)c1-c1cc(F)cc(F)c1. The van der Waals surface area contributed by atoms with Crippen molar-refractivity contribution in [3.63, 3.8) is 0 Å². The van der Waals surface area contributed by atoms with Crippen molar-refractivity contribution in [1.29, 1.82) is 5.26 Å². The van der Waals surface area contributed by atoms with E-state index < -0.39 is 23.8 Å². The Balaban J connectivity index is 2.16. The molecule has 1 amide bonds. The monoisotopic (exact) mass is 372 g/mol. The molecule has 2 heterocycles. The number of pyridine rings is 1. The van der Waals surface area contributed by atoms with Gasteiger partial charge in [0.25, 0.3) is 0 Å². The van der Waals surface area contributed by atoms with Crippen LogP contribution in [-0.4, -0.2) is 36.6 Å². The van der Waals surface area contributed by atoms with Crippen molar-refractivity contribution in [2.45, 2.75) is 12.5 Å². The average molecular weight is 372 g/mol. The molecule has 2 N–H and O–H groups in total. The number of nitrogens with zero attached hydrogens (tertiary/aromatic N) is 3. The first-order chi connectivity index (χ1) is 12.9. The van der Waals surface area contributed by atoms with Crippen molar-refractivity contribution < 1.29 is 23.1 Å². The molecule has 1 aliphatic rings. The molecule has 1 saturated heterocycles. The summed E-state index contributed by atoms with van der Waals surface area (Å²) in [4.78, 5) is 28.2. The van der Waals surface area contributed by atoms with Crippen molar-refractivity contribution in [2.75, 3.05) is 18.0 Å². The fourth-order valence-corrected chi connectivity index (χ4v) is 3.19. The first kappa shape index (κ1) is 18.3. The number of carbonyl (C=O) groups excluding carboxylic acids is 2. The lowest BCUT2D eigenvalue weighted by atomic mass is 9.98. The van der Waals surface area contributed by atoms with Crippen LogP contribution >= 0.6 is 0 Å². The van der Waals surface area contributed by atoms with Crippen LogP contribution in [-0.2, 0) is 4.74 Å². The van der Waals surface area contributed by atoms with Crippen LogP contribution < -0.4 is 10.6 Å². The molecule has 9 heteroatoms. The Labute approximate surface area is 153 Å². The molecular formula is C18H14F2N4O3. The predicted molar refractivity (Wildman–Crippen MR) is 91.0 cm³/mol. The van der Waals surface area contributed by atoms with Gasteiger partial charge in [0.2, 0.25) is 0 Å². The normalized spacial score (nSPS) is 16.0. The van der Waals surface area contributed by atoms with E-state index in [1.165, 1.54) is 6.20 Å². The Morgan fingerprint density at radius 1 is 1.37 bits per heavy atom. The number of primary amides is 1. The number of hydrogen-bond donors (Lipinski definition) is 1. The summed E-state index contributed by atoms with van der Waals surface area (Å²) >= 11 is 0. The second-order valence-electron chi connectivity index (χ2n) is 5.97. The molecule has 0 aliphatic carbocycles. The molecule has 0 saturated carbocycles. The van der Waals surface area contributed by atoms with Crippen LogP contribution in [0, 0.1) is 23.0 Å². The molecule has 1 aliphatic heterocycles. The van der Waals surface area contributed by atoms with Gasteiger partial charge in [-0.05, 0) is 17.7 Å². The highest BCUT2D eigenvalue weighted by molar-refractivity contribution is 5.94. The lowest BCUT2D eigenvalue weighted by Crippen LogP contribution is -2.28. The van der Waals surface area contributed by atoms with E-state index in [4.69, 9.17) is 10.5 Å². The Morgan fingerprint density at radius 2 is 2.07 bits per heavy atom. The Morgan fingerprint density at radius 3 is 2.67 bits per heavy atom. The largest absolute Gasteiger partial charge is 0.444 e. The predicted octanol–water partition coefficient (Wildman–Crippen LogP) is 2.38. The molecule has 27 heavy (non-hydrogen) atoms. The third-order valence-electron chi connectivity index (χ3n) is 4.21. The molecule has 3 rings (SSSR count). The zero-order valence-corrected chi connectivity index (χ0v) is 14.0. The second-order valence-corrected chi connectivity index (χ2v) is 5.97. The van der Waals surface area contributed by atoms with Gasteiger partial charge in [-0.3, -0.25) is 4.79 Å². The van der Waals surface area contributed by atoms with E-state index in [1.54, 1.807) is 4.90 Å². The molecule has 1 atom stereocenters. The molecule has 0 bridgehead atoms. The Hall–Kier alpha value is -3.54. The number of rotatable bonds is 4. The molecule has 1 aromatic heterocycles. The summed E-state index contributed by atoms with van der Waals surface area (Å²) in [5, 5.41) is 9.43. The van der Waals surface area contributed by atoms with Gasteiger partial charge in [0, 0.05) is 30.8 Å². The Bertz CT molecular complexity index is 938. The molecule has 0 radical (unpaired) electrons. The Kier molecular flexibility index (Phi) is 4.98. The summed E-state index contributed by atoms with van der Waals surface area (Å²) in [6.07, 6.45) is 0.797. The number of amides is 1. The van der Waals surface area contributed by atoms with Crippen molar-refractivity contribution in [2.24, 2.45) is 5.73 Å². The van der Waals surface area contributed by atoms with Gasteiger partial charge in [0.1, 0.15) is 29.5 Å². The minimum Gasteiger partial charge on any atom is -0.444 e. The molecule has 1 aromatic carbocycles. The number of halogens is 2. The number of benzene rings is 1. The fraction of sp³-hybridized carbons (Fsp3) is 0.222. The molecule has 7 nitrogen and oxygen atoms in total. The highest BCUT2D eigenvalue weighted by atomic mass is 19.1. The third kappa shape index (κ3) is 3.69. The number of hydrogen-bond acceptors (Lipinski definition) is 6. The molecule has 2 aromatic rings. The molecule has 1 unspecified atom stereocenters. The van der Waals surface area contributed by atoms with Crippen LogP contribution in [0.4, 0.5) is 19.3 Å². The maximum Gasteiger partial charge on any atom is 0.404 e. The van der Waals surface area contributed by atoms with Gasteiger partial charge in [-0.25, -0.2) is 18.6 Å². The lowest BCUT2D eigenvalue weighted by Gasteiger charge is -2.24. The number of nitriles is 1. The van der Waals surface area contributed by atoms with Crippen LogP contribution in [0.15, 0.2) is 24.4 Å². The smallest absolute Gasteiger partial charge is 0.404 e. The van der Waals surface area contributed by atoms with E-state index in [1.807, 2.05) is 6.07 Å². The third-order valence-corrected chi connectivity index (χ3v) is 4.21. The number of ether oxygens (including phenoxy) is 1. The maximum absolute atomic E-state index is 13.7. The van der Waals surface area contributed by atoms with Gasteiger partial charge >= 0.3 is 6.09 Å². The summed E-state index contributed by atoms with van der Waals surface area (Å²) in [5.41, 5.74) is 5.62. The van der Waals surface area contributed by atoms with Gasteiger partial charge < -0.3 is 15.4 Å². The number of anilines is 1. The topological polar surface area (TPSA) is 109 Å². The van der Waals surface area contributed by atoms with Crippen LogP contribution in [0.3, 0.4) is 0 Å². The standard InChI is InChI=1S/C18H14F2N4O3/c19-12-3-10(4-13(20)5-12)16-15(6-21)23-7-11(9-25)17(16)24-2-1-14(8-24)27-18(22)26/h3-5,7,9,14H,1-2,8H2,(H2,22,26). The van der Waals surface area contributed by atoms with E-state index in [-0.39, 0.29) is 28.9 Å². The van der Waals surface area contributed by atoms with Crippen molar-refractivity contribution in [3.05, 3.63) is 47.3 Å². The van der Waals surface area contributed by atoms with Crippen LogP contribution in [0.2, 0.25) is 0 Å². The van der Waals surface area contributed by atoms with E-state index in [2.05, 4.69) is 4.98 Å². The first-order valence-electron chi connectivity index (χ1n) is 7.98. The maximum atomic E-state index is 13.7. The van der Waals surface area contributed by atoms with E-state index in [0.29, 0.717) is 31.0 Å². The van der Waals surface area contributed by atoms with E-state index in [0.717, 1.165) is 12.1 Å². The molecular weight excluding hydrogens is 358 g/mol. The minimum atomic E-state index is -0.919. The highest BCUT2D eigenvalue weighted by Gasteiger charge is 2.30. The number of nitrogens with two attached hydrogens (primary N) is 1. The van der Waals surface area contributed by atoms with Crippen LogP contribution in [0.25, 0.3) is 11.1 Å². The van der Waals surface area contributed by atoms with Crippen molar-refractivity contribution in [1.82, 2.24) is 4.98 Å². The molecule has 0 spiro atoms. The van der Waals surface area contributed by atoms with E-state index in [9.17, 15) is 23.6 Å². The van der Waals surface area contributed by atoms with Gasteiger partial charge in [-0.2, -0.15) is 5.26 Å². The summed E-state index contributed by atoms with van der Waals surface area (Å²) in [5.74, 6) is -1.65. The number of aromatic nitrogens is 1. The van der Waals surface area contributed by atoms with Gasteiger partial charge in [-0.1, -0.05) is 0 Å². The summed E-state index contributed by atoms with van der Waals surface area (Å²) in [6, 6.07) is 4.72. The molecule has 138 valence electrons. The summed E-state index contributed by atoms with van der Waals surface area (Å²) in [7, 11) is 0. The number of aldehydes is 1. The van der Waals surface area contributed by atoms with Crippen molar-refractivity contribution in [3.8, 4) is 17.2 Å². The second kappa shape index (κ2) is 7.37. The minimum absolute atomic E-state index is 0.0783. The number of carbonyl (C=O) groups is 2. The van der Waals surface area contributed by atoms with Gasteiger partial charge in [0.15, 0.2) is 6.29 Å². The van der Waals surface area contributed by atoms with Crippen LogP contribution in [0.1, 0.15) is 22.5 Å². The fourth-order valence-electron chi connectivity index (χ4n) is 3.19. The van der Waals surface area contributed by atoms with Gasteiger partial charge in [-0.15, -0.1) is 0 Å². The average Bonchev–Trinajstić information content (AvgIpc) is 3.06. The summed E-state index contributed by atoms with van der Waals surface area (Å²) < 4.78 is 32.5.